The summed E-state index contributed by atoms with van der Waals surface area (Å²) >= 11 is 0.562. The normalized spacial score (nSPS) is 11.5. The van der Waals surface area contributed by atoms with E-state index in [1.807, 2.05) is 0 Å². The van der Waals surface area contributed by atoms with Crippen LogP contribution in [-0.4, -0.2) is 53.7 Å². The van der Waals surface area contributed by atoms with Crippen molar-refractivity contribution in [2.75, 3.05) is 13.6 Å². The van der Waals surface area contributed by atoms with Crippen LogP contribution in [-0.2, 0) is 33.3 Å². The van der Waals surface area contributed by atoms with Gasteiger partial charge in [0.05, 0.1) is 4.75 Å². The maximum atomic E-state index is 12.7. The minimum atomic E-state index is -1.39. The summed E-state index contributed by atoms with van der Waals surface area (Å²) in [6, 6.07) is 6.68. The van der Waals surface area contributed by atoms with E-state index >= 15 is 0 Å². The first kappa shape index (κ1) is 25.8. The van der Waals surface area contributed by atoms with E-state index < -0.39 is 53.7 Å². The molecule has 0 aliphatic carbocycles. The lowest BCUT2D eigenvalue weighted by molar-refractivity contribution is -0.150. The lowest BCUT2D eigenvalue weighted by Gasteiger charge is -2.31. The molecule has 0 fully saturated rings. The first-order chi connectivity index (χ1) is 14.5. The number of esters is 3. The van der Waals surface area contributed by atoms with Gasteiger partial charge in [0.2, 0.25) is 13.6 Å². The number of alkyl carbamates (subject to hydrolysis) is 1. The Balaban J connectivity index is 2.88. The van der Waals surface area contributed by atoms with Crippen molar-refractivity contribution < 1.29 is 47.7 Å². The van der Waals surface area contributed by atoms with Gasteiger partial charge in [0.15, 0.2) is 0 Å². The second-order valence-corrected chi connectivity index (χ2v) is 7.94. The minimum Gasteiger partial charge on any atom is -0.428 e. The number of rotatable bonds is 9. The van der Waals surface area contributed by atoms with E-state index in [2.05, 4.69) is 14.8 Å². The van der Waals surface area contributed by atoms with Crippen molar-refractivity contribution in [1.29, 1.82) is 0 Å². The lowest BCUT2D eigenvalue weighted by Crippen LogP contribution is -2.54. The molecule has 1 aromatic carbocycles. The second-order valence-electron chi connectivity index (χ2n) is 6.35. The van der Waals surface area contributed by atoms with Gasteiger partial charge in [-0.1, -0.05) is 18.2 Å². The summed E-state index contributed by atoms with van der Waals surface area (Å²) in [6.07, 6.45) is -1.08. The van der Waals surface area contributed by atoms with Gasteiger partial charge in [-0.25, -0.2) is 14.4 Å². The fourth-order valence-electron chi connectivity index (χ4n) is 1.97. The molecule has 1 amide bonds. The number of carbonyl (C=O) groups excluding carboxylic acids is 5. The molecule has 0 heterocycles. The number of amides is 1. The van der Waals surface area contributed by atoms with E-state index in [1.54, 1.807) is 18.2 Å². The Morgan fingerprint density at radius 1 is 0.903 bits per heavy atom. The summed E-state index contributed by atoms with van der Waals surface area (Å²) in [5.41, 5.74) is 0. The highest BCUT2D eigenvalue weighted by Gasteiger charge is 2.41. The number of para-hydroxylation sites is 1. The molecule has 31 heavy (non-hydrogen) atoms. The van der Waals surface area contributed by atoms with Gasteiger partial charge in [-0.3, -0.25) is 9.59 Å². The SMILES string of the molecule is CC(=O)OCOC(=O)N[C@@H](C(=O)Oc1ccccc1)C(C)(C)SC(=O)OCOC(C)=O. The molecule has 1 aromatic rings. The largest absolute Gasteiger partial charge is 0.428 e. The quantitative estimate of drug-likeness (QED) is 0.331. The number of benzene rings is 1. The number of nitrogens with one attached hydrogen (secondary N) is 1. The maximum absolute atomic E-state index is 12.7. The van der Waals surface area contributed by atoms with E-state index in [-0.39, 0.29) is 5.75 Å². The molecule has 11 nitrogen and oxygen atoms in total. The topological polar surface area (TPSA) is 144 Å². The molecule has 0 aromatic heterocycles. The Labute approximate surface area is 182 Å². The van der Waals surface area contributed by atoms with Crippen LogP contribution < -0.4 is 10.1 Å². The van der Waals surface area contributed by atoms with E-state index in [0.29, 0.717) is 11.8 Å². The van der Waals surface area contributed by atoms with Crippen LogP contribution in [0, 0.1) is 0 Å². The molecule has 170 valence electrons. The van der Waals surface area contributed by atoms with E-state index in [9.17, 15) is 24.0 Å². The number of hydrogen-bond acceptors (Lipinski definition) is 11. The van der Waals surface area contributed by atoms with Crippen molar-refractivity contribution in [1.82, 2.24) is 5.32 Å². The maximum Gasteiger partial charge on any atom is 0.410 e. The smallest absolute Gasteiger partial charge is 0.410 e. The highest BCUT2D eigenvalue weighted by Crippen LogP contribution is 2.31. The zero-order chi connectivity index (χ0) is 23.4. The predicted molar refractivity (Wildman–Crippen MR) is 107 cm³/mol. The highest BCUT2D eigenvalue weighted by molar-refractivity contribution is 8.14. The van der Waals surface area contributed by atoms with Crippen LogP contribution in [0.3, 0.4) is 0 Å². The third-order valence-electron chi connectivity index (χ3n) is 3.39. The van der Waals surface area contributed by atoms with Gasteiger partial charge in [-0.15, -0.1) is 0 Å². The average Bonchev–Trinajstić information content (AvgIpc) is 2.65. The molecule has 0 bridgehead atoms. The van der Waals surface area contributed by atoms with Gasteiger partial charge >= 0.3 is 29.3 Å². The zero-order valence-electron chi connectivity index (χ0n) is 17.4. The van der Waals surface area contributed by atoms with Crippen LogP contribution in [0.15, 0.2) is 30.3 Å². The van der Waals surface area contributed by atoms with Gasteiger partial charge in [0, 0.05) is 13.8 Å². The third kappa shape index (κ3) is 10.3. The number of hydrogen-bond donors (Lipinski definition) is 1. The molecule has 0 saturated carbocycles. The fraction of sp³-hybridized carbons (Fsp3) is 0.421. The highest BCUT2D eigenvalue weighted by atomic mass is 32.2. The van der Waals surface area contributed by atoms with Gasteiger partial charge in [0.1, 0.15) is 11.8 Å². The van der Waals surface area contributed by atoms with Crippen molar-refractivity contribution >= 4 is 41.1 Å². The first-order valence-electron chi connectivity index (χ1n) is 8.84. The van der Waals surface area contributed by atoms with Gasteiger partial charge in [-0.05, 0) is 37.7 Å². The van der Waals surface area contributed by atoms with Crippen LogP contribution >= 0.6 is 11.8 Å². The van der Waals surface area contributed by atoms with Crippen LogP contribution in [0.5, 0.6) is 5.75 Å². The summed E-state index contributed by atoms with van der Waals surface area (Å²) in [5, 5.41) is 1.43. The van der Waals surface area contributed by atoms with Crippen LogP contribution in [0.2, 0.25) is 0 Å². The molecular formula is C19H23NO10S. The van der Waals surface area contributed by atoms with Crippen molar-refractivity contribution in [3.63, 3.8) is 0 Å². The molecular weight excluding hydrogens is 434 g/mol. The second kappa shape index (κ2) is 12.4. The Bertz CT molecular complexity index is 796. The Hall–Kier alpha value is -3.28. The van der Waals surface area contributed by atoms with Crippen LogP contribution in [0.4, 0.5) is 9.59 Å². The molecule has 1 rings (SSSR count). The first-order valence-corrected chi connectivity index (χ1v) is 9.65. The summed E-state index contributed by atoms with van der Waals surface area (Å²) in [4.78, 5) is 58.4. The number of ether oxygens (including phenoxy) is 5. The summed E-state index contributed by atoms with van der Waals surface area (Å²) in [5.74, 6) is -1.98. The molecule has 0 radical (unpaired) electrons. The number of thioether (sulfide) groups is 1. The Kier molecular flexibility index (Phi) is 10.3. The molecule has 12 heteroatoms. The van der Waals surface area contributed by atoms with Crippen molar-refractivity contribution in [2.24, 2.45) is 0 Å². The van der Waals surface area contributed by atoms with Crippen LogP contribution in [0.1, 0.15) is 27.7 Å². The third-order valence-corrected chi connectivity index (χ3v) is 4.44. The lowest BCUT2D eigenvalue weighted by atomic mass is 10.0. The Morgan fingerprint density at radius 2 is 1.45 bits per heavy atom. The van der Waals surface area contributed by atoms with Crippen molar-refractivity contribution in [2.45, 2.75) is 38.5 Å². The molecule has 0 aliphatic heterocycles. The summed E-state index contributed by atoms with van der Waals surface area (Å²) in [6.45, 7) is 3.96. The van der Waals surface area contributed by atoms with Crippen LogP contribution in [0.25, 0.3) is 0 Å². The van der Waals surface area contributed by atoms with Crippen molar-refractivity contribution in [3.8, 4) is 5.75 Å². The van der Waals surface area contributed by atoms with E-state index in [4.69, 9.17) is 14.2 Å². The molecule has 0 saturated heterocycles. The molecule has 0 spiro atoms. The van der Waals surface area contributed by atoms with E-state index in [1.165, 1.54) is 26.0 Å². The molecule has 0 aliphatic rings. The summed E-state index contributed by atoms with van der Waals surface area (Å²) in [7, 11) is 0. The Morgan fingerprint density at radius 3 is 2.00 bits per heavy atom. The molecule has 1 atom stereocenters. The minimum absolute atomic E-state index is 0.214. The fourth-order valence-corrected chi connectivity index (χ4v) is 2.78. The zero-order valence-corrected chi connectivity index (χ0v) is 18.2. The molecule has 1 N–H and O–H groups in total. The van der Waals surface area contributed by atoms with E-state index in [0.717, 1.165) is 13.8 Å². The van der Waals surface area contributed by atoms with Gasteiger partial charge in [0.25, 0.3) is 0 Å². The summed E-state index contributed by atoms with van der Waals surface area (Å²) < 4.78 is 22.5. The van der Waals surface area contributed by atoms with Gasteiger partial charge < -0.3 is 29.0 Å². The van der Waals surface area contributed by atoms with Crippen molar-refractivity contribution in [3.05, 3.63) is 30.3 Å². The monoisotopic (exact) mass is 457 g/mol. The van der Waals surface area contributed by atoms with Gasteiger partial charge in [-0.2, -0.15) is 0 Å². The molecule has 0 unspecified atom stereocenters. The predicted octanol–water partition coefficient (Wildman–Crippen LogP) is 2.38. The standard InChI is InChI=1S/C19H23NO10S/c1-12(21)26-10-28-17(24)20-15(16(23)30-14-8-6-5-7-9-14)19(3,4)31-18(25)29-11-27-13(2)22/h5-9,15H,10-11H2,1-4H3,(H,20,24)/t15-/m0/s1. The average molecular weight is 457 g/mol. The number of carbonyl (C=O) groups is 5.